The van der Waals surface area contributed by atoms with E-state index in [1.54, 1.807) is 30.3 Å². The highest BCUT2D eigenvalue weighted by Crippen LogP contribution is 2.12. The van der Waals surface area contributed by atoms with E-state index in [-0.39, 0.29) is 0 Å². The summed E-state index contributed by atoms with van der Waals surface area (Å²) >= 11 is 0. The molecule has 0 aliphatic carbocycles. The lowest BCUT2D eigenvalue weighted by atomic mass is 10.2. The third-order valence-corrected chi connectivity index (χ3v) is 2.91. The molecule has 128 valence electrons. The Morgan fingerprint density at radius 3 is 2.64 bits per heavy atom. The molecule has 25 heavy (non-hydrogen) atoms. The van der Waals surface area contributed by atoms with Gasteiger partial charge in [0, 0.05) is 5.69 Å². The predicted molar refractivity (Wildman–Crippen MR) is 92.9 cm³/mol. The number of hydrogen-bond acceptors (Lipinski definition) is 4. The van der Waals surface area contributed by atoms with E-state index in [4.69, 9.17) is 4.74 Å². The first-order valence-electron chi connectivity index (χ1n) is 7.32. The van der Waals surface area contributed by atoms with Gasteiger partial charge in [-0.1, -0.05) is 24.8 Å². The summed E-state index contributed by atoms with van der Waals surface area (Å²) in [5.41, 5.74) is 3.10. The van der Waals surface area contributed by atoms with E-state index in [0.717, 1.165) is 0 Å². The van der Waals surface area contributed by atoms with Gasteiger partial charge in [-0.25, -0.2) is 9.82 Å². The number of hydrogen-bond donors (Lipinski definition) is 2. The first-order valence-corrected chi connectivity index (χ1v) is 7.32. The summed E-state index contributed by atoms with van der Waals surface area (Å²) in [5.74, 6) is -1.66. The van der Waals surface area contributed by atoms with Crippen molar-refractivity contribution in [3.8, 4) is 5.75 Å². The number of carbonyl (C=O) groups excluding carboxylic acids is 2. The zero-order valence-corrected chi connectivity index (χ0v) is 13.2. The molecule has 2 aromatic carbocycles. The Labute approximate surface area is 144 Å². The second-order valence-electron chi connectivity index (χ2n) is 4.83. The van der Waals surface area contributed by atoms with Crippen LogP contribution >= 0.6 is 0 Å². The average Bonchev–Trinajstić information content (AvgIpc) is 2.62. The third kappa shape index (κ3) is 5.91. The molecule has 2 amide bonds. The molecule has 0 saturated heterocycles. The number of amides is 2. The fourth-order valence-electron chi connectivity index (χ4n) is 1.78. The monoisotopic (exact) mass is 341 g/mol. The minimum absolute atomic E-state index is 0.303. The Morgan fingerprint density at radius 1 is 1.16 bits per heavy atom. The van der Waals surface area contributed by atoms with Crippen LogP contribution in [-0.2, 0) is 9.59 Å². The molecular formula is C18H16FN3O3. The second kappa shape index (κ2) is 8.97. The van der Waals surface area contributed by atoms with E-state index in [9.17, 15) is 14.0 Å². The Bertz CT molecular complexity index is 788. The minimum Gasteiger partial charge on any atom is -0.490 e. The molecule has 2 N–H and O–H groups in total. The van der Waals surface area contributed by atoms with Gasteiger partial charge in [0.05, 0.1) is 6.21 Å². The molecule has 0 atom stereocenters. The maximum absolute atomic E-state index is 12.8. The molecule has 0 aliphatic rings. The number of ether oxygens (including phenoxy) is 1. The molecule has 0 bridgehead atoms. The lowest BCUT2D eigenvalue weighted by Gasteiger charge is -2.04. The first kappa shape index (κ1) is 17.9. The summed E-state index contributed by atoms with van der Waals surface area (Å²) in [6, 6.07) is 12.1. The summed E-state index contributed by atoms with van der Waals surface area (Å²) in [5, 5.41) is 6.05. The van der Waals surface area contributed by atoms with Gasteiger partial charge in [0.15, 0.2) is 0 Å². The van der Waals surface area contributed by atoms with Crippen LogP contribution in [-0.4, -0.2) is 24.6 Å². The minimum atomic E-state index is -0.945. The van der Waals surface area contributed by atoms with Gasteiger partial charge in [0.2, 0.25) is 0 Å². The number of nitrogens with zero attached hydrogens (tertiary/aromatic N) is 1. The molecule has 2 rings (SSSR count). The largest absolute Gasteiger partial charge is 0.490 e. The quantitative estimate of drug-likeness (QED) is 0.367. The molecule has 0 saturated carbocycles. The maximum atomic E-state index is 12.8. The van der Waals surface area contributed by atoms with Gasteiger partial charge in [0.1, 0.15) is 18.2 Å². The van der Waals surface area contributed by atoms with Crippen molar-refractivity contribution in [2.75, 3.05) is 11.9 Å². The Hall–Kier alpha value is -3.48. The number of nitrogens with one attached hydrogen (secondary N) is 2. The van der Waals surface area contributed by atoms with Crippen LogP contribution in [0.3, 0.4) is 0 Å². The highest BCUT2D eigenvalue weighted by atomic mass is 19.1. The second-order valence-corrected chi connectivity index (χ2v) is 4.83. The highest BCUT2D eigenvalue weighted by molar-refractivity contribution is 6.39. The predicted octanol–water partition coefficient (Wildman–Crippen LogP) is 2.48. The number of anilines is 1. The first-order chi connectivity index (χ1) is 12.1. The van der Waals surface area contributed by atoms with Crippen molar-refractivity contribution < 1.29 is 18.7 Å². The lowest BCUT2D eigenvalue weighted by molar-refractivity contribution is -0.136. The van der Waals surface area contributed by atoms with Gasteiger partial charge in [-0.05, 0) is 42.0 Å². The Kier molecular flexibility index (Phi) is 6.41. The van der Waals surface area contributed by atoms with Crippen LogP contribution in [0.15, 0.2) is 66.3 Å². The molecule has 0 spiro atoms. The molecule has 0 fully saturated rings. The third-order valence-electron chi connectivity index (χ3n) is 2.91. The van der Waals surface area contributed by atoms with E-state index in [1.807, 2.05) is 0 Å². The molecule has 0 unspecified atom stereocenters. The van der Waals surface area contributed by atoms with E-state index in [2.05, 4.69) is 22.4 Å². The van der Waals surface area contributed by atoms with Gasteiger partial charge in [0.25, 0.3) is 0 Å². The fraction of sp³-hybridized carbons (Fsp3) is 0.0556. The maximum Gasteiger partial charge on any atom is 0.329 e. The molecule has 0 heterocycles. The molecule has 6 nitrogen and oxygen atoms in total. The van der Waals surface area contributed by atoms with Crippen molar-refractivity contribution in [2.45, 2.75) is 0 Å². The van der Waals surface area contributed by atoms with Crippen molar-refractivity contribution in [3.63, 3.8) is 0 Å². The van der Waals surface area contributed by atoms with Crippen LogP contribution in [0, 0.1) is 5.82 Å². The van der Waals surface area contributed by atoms with E-state index < -0.39 is 17.6 Å². The van der Waals surface area contributed by atoms with Gasteiger partial charge >= 0.3 is 11.8 Å². The average molecular weight is 341 g/mol. The van der Waals surface area contributed by atoms with Crippen molar-refractivity contribution in [1.82, 2.24) is 5.43 Å². The van der Waals surface area contributed by atoms with Crippen LogP contribution in [0.1, 0.15) is 5.56 Å². The SMILES string of the molecule is C=CCOc1cccc(/C=N/NC(=O)C(=O)Nc2ccc(F)cc2)c1. The summed E-state index contributed by atoms with van der Waals surface area (Å²) in [6.45, 7) is 3.94. The molecule has 0 aromatic heterocycles. The number of halogens is 1. The van der Waals surface area contributed by atoms with E-state index in [1.165, 1.54) is 30.5 Å². The van der Waals surface area contributed by atoms with Crippen LogP contribution in [0.2, 0.25) is 0 Å². The number of rotatable bonds is 6. The van der Waals surface area contributed by atoms with Gasteiger partial charge in [-0.3, -0.25) is 9.59 Å². The highest BCUT2D eigenvalue weighted by Gasteiger charge is 2.12. The van der Waals surface area contributed by atoms with Gasteiger partial charge in [-0.15, -0.1) is 0 Å². The standard InChI is InChI=1S/C18H16FN3O3/c1-2-10-25-16-5-3-4-13(11-16)12-20-22-18(24)17(23)21-15-8-6-14(19)7-9-15/h2-9,11-12H,1,10H2,(H,21,23)(H,22,24)/b20-12+. The lowest BCUT2D eigenvalue weighted by Crippen LogP contribution is -2.32. The molecule has 0 radical (unpaired) electrons. The van der Waals surface area contributed by atoms with Crippen LogP contribution in [0.4, 0.5) is 10.1 Å². The Morgan fingerprint density at radius 2 is 1.92 bits per heavy atom. The summed E-state index contributed by atoms with van der Waals surface area (Å²) in [4.78, 5) is 23.4. The smallest absolute Gasteiger partial charge is 0.329 e. The number of carbonyl (C=O) groups is 2. The zero-order valence-electron chi connectivity index (χ0n) is 13.2. The summed E-state index contributed by atoms with van der Waals surface area (Å²) < 4.78 is 18.2. The van der Waals surface area contributed by atoms with Gasteiger partial charge in [-0.2, -0.15) is 5.10 Å². The Balaban J connectivity index is 1.88. The van der Waals surface area contributed by atoms with Gasteiger partial charge < -0.3 is 10.1 Å². The van der Waals surface area contributed by atoms with Crippen molar-refractivity contribution in [3.05, 3.63) is 72.6 Å². The number of benzene rings is 2. The normalized spacial score (nSPS) is 10.3. The van der Waals surface area contributed by atoms with E-state index >= 15 is 0 Å². The summed E-state index contributed by atoms with van der Waals surface area (Å²) in [7, 11) is 0. The van der Waals surface area contributed by atoms with Crippen molar-refractivity contribution in [1.29, 1.82) is 0 Å². The van der Waals surface area contributed by atoms with Crippen molar-refractivity contribution in [2.24, 2.45) is 5.10 Å². The summed E-state index contributed by atoms with van der Waals surface area (Å²) in [6.07, 6.45) is 3.00. The van der Waals surface area contributed by atoms with Crippen molar-refractivity contribution >= 4 is 23.7 Å². The fourth-order valence-corrected chi connectivity index (χ4v) is 1.78. The molecular weight excluding hydrogens is 325 g/mol. The van der Waals surface area contributed by atoms with E-state index in [0.29, 0.717) is 23.6 Å². The van der Waals surface area contributed by atoms with Crippen LogP contribution in [0.5, 0.6) is 5.75 Å². The molecule has 0 aliphatic heterocycles. The molecule has 2 aromatic rings. The number of hydrazone groups is 1. The zero-order chi connectivity index (χ0) is 18.1. The topological polar surface area (TPSA) is 79.8 Å². The van der Waals surface area contributed by atoms with Crippen LogP contribution < -0.4 is 15.5 Å². The van der Waals surface area contributed by atoms with Crippen LogP contribution in [0.25, 0.3) is 0 Å². The molecule has 7 heteroatoms.